The second kappa shape index (κ2) is 30.3. The molecule has 0 aromatic carbocycles. The van der Waals surface area contributed by atoms with Gasteiger partial charge in [-0.25, -0.2) is 0 Å². The summed E-state index contributed by atoms with van der Waals surface area (Å²) < 4.78 is 10.5. The molecule has 0 saturated heterocycles. The highest BCUT2D eigenvalue weighted by molar-refractivity contribution is 5.72. The molecule has 0 aromatic heterocycles. The Labute approximate surface area is 245 Å². The van der Waals surface area contributed by atoms with Crippen LogP contribution in [0, 0.1) is 0 Å². The molecule has 40 heavy (non-hydrogen) atoms. The smallest absolute Gasteiger partial charge is 0.306 e. The third-order valence-corrected chi connectivity index (χ3v) is 7.35. The zero-order chi connectivity index (χ0) is 29.5. The van der Waals surface area contributed by atoms with Crippen molar-refractivity contribution < 1.29 is 29.0 Å². The lowest BCUT2D eigenvalue weighted by Gasteiger charge is -2.15. The van der Waals surface area contributed by atoms with Crippen LogP contribution in [0.5, 0.6) is 0 Å². The summed E-state index contributed by atoms with van der Waals surface area (Å²) in [5.74, 6) is -0.578. The molecule has 2 N–H and O–H groups in total. The van der Waals surface area contributed by atoms with Crippen LogP contribution in [0.1, 0.15) is 168 Å². The maximum atomic E-state index is 12.1. The maximum Gasteiger partial charge on any atom is 0.306 e. The van der Waals surface area contributed by atoms with E-state index in [1.807, 2.05) is 0 Å². The van der Waals surface area contributed by atoms with Gasteiger partial charge < -0.3 is 19.9 Å². The summed E-state index contributed by atoms with van der Waals surface area (Å²) >= 11 is 0. The molecule has 0 radical (unpaired) electrons. The molecule has 0 spiro atoms. The van der Waals surface area contributed by atoms with Crippen molar-refractivity contribution in [3.63, 3.8) is 0 Å². The van der Waals surface area contributed by atoms with Gasteiger partial charge in [-0.1, -0.05) is 129 Å². The molecule has 0 rings (SSSR count). The normalized spacial score (nSPS) is 11.8. The zero-order valence-corrected chi connectivity index (χ0v) is 26.2. The Morgan fingerprint density at radius 3 is 1.43 bits per heavy atom. The Hall–Kier alpha value is -1.63. The quantitative estimate of drug-likeness (QED) is 0.0672. The summed E-state index contributed by atoms with van der Waals surface area (Å²) in [6.45, 7) is 4.16. The van der Waals surface area contributed by atoms with Crippen molar-refractivity contribution in [3.8, 4) is 0 Å². The predicted molar refractivity (Wildman–Crippen MR) is 163 cm³/mol. The van der Waals surface area contributed by atoms with Crippen LogP contribution < -0.4 is 5.32 Å². The highest BCUT2D eigenvalue weighted by Crippen LogP contribution is 2.14. The first kappa shape index (κ1) is 38.4. The number of amides is 1. The van der Waals surface area contributed by atoms with Gasteiger partial charge in [-0.05, 0) is 19.3 Å². The van der Waals surface area contributed by atoms with Gasteiger partial charge in [0.05, 0.1) is 6.61 Å². The number of carbonyl (C=O) groups excluding carboxylic acids is 3. The van der Waals surface area contributed by atoms with Crippen LogP contribution in [0.25, 0.3) is 0 Å². The molecule has 0 fully saturated rings. The highest BCUT2D eigenvalue weighted by atomic mass is 16.6. The molecule has 0 aliphatic heterocycles. The molecule has 0 aliphatic rings. The van der Waals surface area contributed by atoms with E-state index < -0.39 is 6.10 Å². The number of hydrogen-bond acceptors (Lipinski definition) is 6. The third kappa shape index (κ3) is 29.4. The molecule has 7 nitrogen and oxygen atoms in total. The molecular formula is C33H63NO6. The van der Waals surface area contributed by atoms with Crippen molar-refractivity contribution in [2.24, 2.45) is 0 Å². The Kier molecular flexibility index (Phi) is 29.1. The largest absolute Gasteiger partial charge is 0.462 e. The van der Waals surface area contributed by atoms with Gasteiger partial charge in [0.2, 0.25) is 5.91 Å². The van der Waals surface area contributed by atoms with Crippen LogP contribution in [-0.4, -0.2) is 48.8 Å². The summed E-state index contributed by atoms with van der Waals surface area (Å²) in [6.07, 6.45) is 26.1. The van der Waals surface area contributed by atoms with E-state index in [-0.39, 0.29) is 31.1 Å². The summed E-state index contributed by atoms with van der Waals surface area (Å²) in [5, 5.41) is 12.3. The topological polar surface area (TPSA) is 102 Å². The van der Waals surface area contributed by atoms with Crippen molar-refractivity contribution in [1.82, 2.24) is 5.32 Å². The monoisotopic (exact) mass is 569 g/mol. The lowest BCUT2D eigenvalue weighted by atomic mass is 10.0. The third-order valence-electron chi connectivity index (χ3n) is 7.35. The fourth-order valence-corrected chi connectivity index (χ4v) is 4.81. The minimum Gasteiger partial charge on any atom is -0.462 e. The van der Waals surface area contributed by atoms with Gasteiger partial charge in [0, 0.05) is 26.3 Å². The number of carbonyl (C=O) groups is 3. The van der Waals surface area contributed by atoms with Crippen LogP contribution in [0.2, 0.25) is 0 Å². The lowest BCUT2D eigenvalue weighted by molar-refractivity contribution is -0.161. The van der Waals surface area contributed by atoms with Crippen LogP contribution >= 0.6 is 0 Å². The van der Waals surface area contributed by atoms with Crippen LogP contribution in [0.3, 0.4) is 0 Å². The molecular weight excluding hydrogens is 506 g/mol. The SMILES string of the molecule is CCCCCCCCCCCCCCC(=O)O[C@H](CO)COC(=O)CCCCCCCCCCCCNC(C)=O. The highest BCUT2D eigenvalue weighted by Gasteiger charge is 2.16. The van der Waals surface area contributed by atoms with E-state index in [1.54, 1.807) is 6.92 Å². The van der Waals surface area contributed by atoms with Gasteiger partial charge in [0.15, 0.2) is 6.10 Å². The number of esters is 2. The molecule has 0 saturated carbocycles. The Morgan fingerprint density at radius 2 is 1.00 bits per heavy atom. The van der Waals surface area contributed by atoms with Gasteiger partial charge in [-0.3, -0.25) is 14.4 Å². The van der Waals surface area contributed by atoms with Gasteiger partial charge in [-0.15, -0.1) is 0 Å². The second-order valence-corrected chi connectivity index (χ2v) is 11.4. The average Bonchev–Trinajstić information content (AvgIpc) is 2.93. The molecule has 1 atom stereocenters. The van der Waals surface area contributed by atoms with Crippen LogP contribution in [-0.2, 0) is 23.9 Å². The average molecular weight is 570 g/mol. The minimum absolute atomic E-state index is 0.0449. The van der Waals surface area contributed by atoms with Crippen molar-refractivity contribution in [1.29, 1.82) is 0 Å². The summed E-state index contributed by atoms with van der Waals surface area (Å²) in [4.78, 5) is 34.9. The molecule has 0 aromatic rings. The number of aliphatic hydroxyl groups is 1. The van der Waals surface area contributed by atoms with E-state index in [0.717, 1.165) is 57.9 Å². The first-order valence-electron chi connectivity index (χ1n) is 16.7. The molecule has 0 aliphatic carbocycles. The summed E-state index contributed by atoms with van der Waals surface area (Å²) in [5.41, 5.74) is 0. The molecule has 0 heterocycles. The second-order valence-electron chi connectivity index (χ2n) is 11.4. The fraction of sp³-hybridized carbons (Fsp3) is 0.909. The minimum atomic E-state index is -0.779. The molecule has 236 valence electrons. The standard InChI is InChI=1S/C33H63NO6/c1-3-4-5-6-7-8-9-10-14-17-20-23-26-33(38)40-31(28-35)29-39-32(37)25-22-19-16-13-11-12-15-18-21-24-27-34-30(2)36/h31,35H,3-29H2,1-2H3,(H,34,36)/t31-/m1/s1. The predicted octanol–water partition coefficient (Wildman–Crippen LogP) is 7.95. The number of unbranched alkanes of at least 4 members (excludes halogenated alkanes) is 20. The van der Waals surface area contributed by atoms with E-state index >= 15 is 0 Å². The Morgan fingerprint density at radius 1 is 0.600 bits per heavy atom. The number of rotatable bonds is 30. The Balaban J connectivity index is 3.54. The first-order valence-corrected chi connectivity index (χ1v) is 16.7. The molecule has 0 unspecified atom stereocenters. The zero-order valence-electron chi connectivity index (χ0n) is 26.2. The van der Waals surface area contributed by atoms with E-state index in [2.05, 4.69) is 12.2 Å². The van der Waals surface area contributed by atoms with E-state index in [4.69, 9.17) is 9.47 Å². The molecule has 7 heteroatoms. The van der Waals surface area contributed by atoms with Crippen LogP contribution in [0.15, 0.2) is 0 Å². The van der Waals surface area contributed by atoms with Crippen molar-refractivity contribution in [3.05, 3.63) is 0 Å². The molecule has 0 bridgehead atoms. The van der Waals surface area contributed by atoms with E-state index in [0.29, 0.717) is 12.8 Å². The first-order chi connectivity index (χ1) is 19.5. The van der Waals surface area contributed by atoms with Gasteiger partial charge in [-0.2, -0.15) is 0 Å². The Bertz CT molecular complexity index is 597. The van der Waals surface area contributed by atoms with Gasteiger partial charge >= 0.3 is 11.9 Å². The van der Waals surface area contributed by atoms with Crippen molar-refractivity contribution in [2.45, 2.75) is 174 Å². The number of aliphatic hydroxyl groups excluding tert-OH is 1. The maximum absolute atomic E-state index is 12.1. The number of ether oxygens (including phenoxy) is 2. The lowest BCUT2D eigenvalue weighted by Crippen LogP contribution is -2.28. The van der Waals surface area contributed by atoms with Gasteiger partial charge in [0.25, 0.3) is 0 Å². The summed E-state index contributed by atoms with van der Waals surface area (Å²) in [7, 11) is 0. The summed E-state index contributed by atoms with van der Waals surface area (Å²) in [6, 6.07) is 0. The van der Waals surface area contributed by atoms with E-state index in [9.17, 15) is 19.5 Å². The number of nitrogens with one attached hydrogen (secondary N) is 1. The van der Waals surface area contributed by atoms with Crippen LogP contribution in [0.4, 0.5) is 0 Å². The van der Waals surface area contributed by atoms with Crippen molar-refractivity contribution >= 4 is 17.8 Å². The molecule has 1 amide bonds. The van der Waals surface area contributed by atoms with E-state index in [1.165, 1.54) is 89.9 Å². The van der Waals surface area contributed by atoms with Crippen molar-refractivity contribution in [2.75, 3.05) is 19.8 Å². The number of hydrogen-bond donors (Lipinski definition) is 2. The fourth-order valence-electron chi connectivity index (χ4n) is 4.81. The van der Waals surface area contributed by atoms with Gasteiger partial charge in [0.1, 0.15) is 6.61 Å².